The molecule has 0 heterocycles. The van der Waals surface area contributed by atoms with Crippen LogP contribution in [0.15, 0.2) is 18.2 Å². The van der Waals surface area contributed by atoms with Crippen LogP contribution in [0.3, 0.4) is 0 Å². The smallest absolute Gasteiger partial charge is 0.248 e. The maximum atomic E-state index is 13.7. The molecule has 1 amide bonds. The van der Waals surface area contributed by atoms with Crippen LogP contribution in [0, 0.1) is 5.82 Å². The summed E-state index contributed by atoms with van der Waals surface area (Å²) in [6, 6.07) is 4.73. The first-order valence-corrected chi connectivity index (χ1v) is 6.86. The molecule has 0 saturated carbocycles. The van der Waals surface area contributed by atoms with E-state index in [1.54, 1.807) is 12.1 Å². The van der Waals surface area contributed by atoms with Gasteiger partial charge in [0, 0.05) is 23.7 Å². The molecule has 1 rings (SSSR count). The van der Waals surface area contributed by atoms with Crippen LogP contribution >= 0.6 is 0 Å². The normalized spacial score (nSPS) is 12.4. The quantitative estimate of drug-likeness (QED) is 0.711. The van der Waals surface area contributed by atoms with E-state index < -0.39 is 5.91 Å². The van der Waals surface area contributed by atoms with E-state index in [1.807, 2.05) is 0 Å². The molecule has 4 heteroatoms. The van der Waals surface area contributed by atoms with Crippen molar-refractivity contribution in [1.29, 1.82) is 0 Å². The molecule has 3 N–H and O–H groups in total. The third-order valence-electron chi connectivity index (χ3n) is 3.22. The summed E-state index contributed by atoms with van der Waals surface area (Å²) in [7, 11) is 0. The van der Waals surface area contributed by atoms with E-state index in [0.717, 1.165) is 6.42 Å². The Kier molecular flexibility index (Phi) is 6.50. The minimum atomic E-state index is -0.605. The number of rotatable bonds is 8. The van der Waals surface area contributed by atoms with Crippen molar-refractivity contribution in [2.45, 2.75) is 52.1 Å². The Bertz CT molecular complexity index is 421. The van der Waals surface area contributed by atoms with Crippen LogP contribution in [0.1, 0.15) is 55.5 Å². The van der Waals surface area contributed by atoms with Gasteiger partial charge in [0.25, 0.3) is 0 Å². The first-order chi connectivity index (χ1) is 9.04. The molecule has 106 valence electrons. The molecule has 19 heavy (non-hydrogen) atoms. The molecular weight excluding hydrogens is 243 g/mol. The van der Waals surface area contributed by atoms with Gasteiger partial charge in [0.05, 0.1) is 0 Å². The number of halogens is 1. The van der Waals surface area contributed by atoms with E-state index in [9.17, 15) is 9.18 Å². The fraction of sp³-hybridized carbons (Fsp3) is 0.533. The fourth-order valence-corrected chi connectivity index (χ4v) is 1.93. The van der Waals surface area contributed by atoms with E-state index in [1.165, 1.54) is 25.3 Å². The van der Waals surface area contributed by atoms with Crippen LogP contribution in [0.5, 0.6) is 0 Å². The van der Waals surface area contributed by atoms with Gasteiger partial charge in [-0.15, -0.1) is 0 Å². The number of nitrogens with two attached hydrogens (primary N) is 1. The number of benzene rings is 1. The number of carbonyl (C=O) groups is 1. The zero-order valence-corrected chi connectivity index (χ0v) is 11.7. The van der Waals surface area contributed by atoms with Crippen LogP contribution in [0.2, 0.25) is 0 Å². The highest BCUT2D eigenvalue weighted by atomic mass is 19.1. The molecule has 0 spiro atoms. The SMILES string of the molecule is CCCCCC(C)NCc1ccc(C(N)=O)cc1F. The molecule has 0 aliphatic carbocycles. The Labute approximate surface area is 114 Å². The van der Waals surface area contributed by atoms with Crippen molar-refractivity contribution in [3.63, 3.8) is 0 Å². The molecule has 0 bridgehead atoms. The van der Waals surface area contributed by atoms with Crippen molar-refractivity contribution < 1.29 is 9.18 Å². The molecule has 0 aromatic heterocycles. The molecule has 3 nitrogen and oxygen atoms in total. The number of unbranched alkanes of at least 4 members (excludes halogenated alkanes) is 2. The summed E-state index contributed by atoms with van der Waals surface area (Å²) in [6.07, 6.45) is 4.71. The highest BCUT2D eigenvalue weighted by molar-refractivity contribution is 5.92. The second-order valence-corrected chi connectivity index (χ2v) is 4.95. The number of amides is 1. The Balaban J connectivity index is 2.47. The Morgan fingerprint density at radius 1 is 1.42 bits per heavy atom. The first kappa shape index (κ1) is 15.6. The minimum Gasteiger partial charge on any atom is -0.366 e. The van der Waals surface area contributed by atoms with Crippen LogP contribution < -0.4 is 11.1 Å². The van der Waals surface area contributed by atoms with Gasteiger partial charge in [0.15, 0.2) is 0 Å². The van der Waals surface area contributed by atoms with Crippen molar-refractivity contribution in [3.05, 3.63) is 35.1 Å². The van der Waals surface area contributed by atoms with Crippen molar-refractivity contribution in [3.8, 4) is 0 Å². The number of nitrogens with one attached hydrogen (secondary N) is 1. The second kappa shape index (κ2) is 7.89. The van der Waals surface area contributed by atoms with Gasteiger partial charge in [-0.3, -0.25) is 4.79 Å². The number of hydrogen-bond donors (Lipinski definition) is 2. The molecular formula is C15H23FN2O. The summed E-state index contributed by atoms with van der Waals surface area (Å²) in [5.41, 5.74) is 5.87. The van der Waals surface area contributed by atoms with Gasteiger partial charge in [0.1, 0.15) is 5.82 Å². The molecule has 0 aliphatic heterocycles. The molecule has 0 fully saturated rings. The maximum absolute atomic E-state index is 13.7. The summed E-state index contributed by atoms with van der Waals surface area (Å²) in [5.74, 6) is -0.990. The lowest BCUT2D eigenvalue weighted by Crippen LogP contribution is -2.26. The van der Waals surface area contributed by atoms with E-state index in [0.29, 0.717) is 18.2 Å². The van der Waals surface area contributed by atoms with Gasteiger partial charge in [-0.2, -0.15) is 0 Å². The standard InChI is InChI=1S/C15H23FN2O/c1-3-4-5-6-11(2)18-10-13-8-7-12(15(17)19)9-14(13)16/h7-9,11,18H,3-6,10H2,1-2H3,(H2,17,19). The third-order valence-corrected chi connectivity index (χ3v) is 3.22. The average Bonchev–Trinajstić information content (AvgIpc) is 2.37. The van der Waals surface area contributed by atoms with Gasteiger partial charge < -0.3 is 11.1 Å². The maximum Gasteiger partial charge on any atom is 0.248 e. The Hall–Kier alpha value is -1.42. The summed E-state index contributed by atoms with van der Waals surface area (Å²) >= 11 is 0. The third kappa shape index (κ3) is 5.39. The van der Waals surface area contributed by atoms with Gasteiger partial charge >= 0.3 is 0 Å². The summed E-state index contributed by atoms with van der Waals surface area (Å²) in [4.78, 5) is 10.9. The molecule has 1 aromatic carbocycles. The minimum absolute atomic E-state index is 0.206. The monoisotopic (exact) mass is 266 g/mol. The largest absolute Gasteiger partial charge is 0.366 e. The highest BCUT2D eigenvalue weighted by Crippen LogP contribution is 2.11. The van der Waals surface area contributed by atoms with E-state index in [4.69, 9.17) is 5.73 Å². The number of hydrogen-bond acceptors (Lipinski definition) is 2. The number of primary amides is 1. The van der Waals surface area contributed by atoms with E-state index in [-0.39, 0.29) is 11.4 Å². The van der Waals surface area contributed by atoms with Gasteiger partial charge in [0.2, 0.25) is 5.91 Å². The number of carbonyl (C=O) groups excluding carboxylic acids is 1. The Morgan fingerprint density at radius 3 is 2.74 bits per heavy atom. The summed E-state index contributed by atoms with van der Waals surface area (Å²) in [6.45, 7) is 4.75. The molecule has 0 aliphatic rings. The van der Waals surface area contributed by atoms with Crippen molar-refractivity contribution >= 4 is 5.91 Å². The summed E-state index contributed by atoms with van der Waals surface area (Å²) in [5, 5.41) is 3.29. The average molecular weight is 266 g/mol. The first-order valence-electron chi connectivity index (χ1n) is 6.86. The van der Waals surface area contributed by atoms with Crippen LogP contribution in [-0.2, 0) is 6.54 Å². The van der Waals surface area contributed by atoms with Gasteiger partial charge in [-0.25, -0.2) is 4.39 Å². The highest BCUT2D eigenvalue weighted by Gasteiger charge is 2.08. The lowest BCUT2D eigenvalue weighted by atomic mass is 10.1. The zero-order chi connectivity index (χ0) is 14.3. The van der Waals surface area contributed by atoms with Gasteiger partial charge in [-0.1, -0.05) is 32.3 Å². The van der Waals surface area contributed by atoms with Crippen molar-refractivity contribution in [1.82, 2.24) is 5.32 Å². The zero-order valence-electron chi connectivity index (χ0n) is 11.7. The molecule has 0 saturated heterocycles. The predicted molar refractivity (Wildman–Crippen MR) is 75.4 cm³/mol. The van der Waals surface area contributed by atoms with Crippen LogP contribution in [-0.4, -0.2) is 11.9 Å². The molecule has 1 unspecified atom stereocenters. The molecule has 0 radical (unpaired) electrons. The topological polar surface area (TPSA) is 55.1 Å². The lowest BCUT2D eigenvalue weighted by molar-refractivity contribution is 0.1000. The van der Waals surface area contributed by atoms with E-state index in [2.05, 4.69) is 19.2 Å². The van der Waals surface area contributed by atoms with Crippen LogP contribution in [0.25, 0.3) is 0 Å². The van der Waals surface area contributed by atoms with E-state index >= 15 is 0 Å². The van der Waals surface area contributed by atoms with Crippen molar-refractivity contribution in [2.24, 2.45) is 5.73 Å². The summed E-state index contributed by atoms with van der Waals surface area (Å²) < 4.78 is 13.7. The van der Waals surface area contributed by atoms with Crippen molar-refractivity contribution in [2.75, 3.05) is 0 Å². The van der Waals surface area contributed by atoms with Gasteiger partial charge in [-0.05, 0) is 25.5 Å². The molecule has 1 atom stereocenters. The Morgan fingerprint density at radius 2 is 2.16 bits per heavy atom. The predicted octanol–water partition coefficient (Wildman–Crippen LogP) is 2.98. The second-order valence-electron chi connectivity index (χ2n) is 4.95. The molecule has 1 aromatic rings. The fourth-order valence-electron chi connectivity index (χ4n) is 1.93. The van der Waals surface area contributed by atoms with Crippen LogP contribution in [0.4, 0.5) is 4.39 Å². The lowest BCUT2D eigenvalue weighted by Gasteiger charge is -2.14.